The predicted octanol–water partition coefficient (Wildman–Crippen LogP) is 2.63. The van der Waals surface area contributed by atoms with Crippen LogP contribution in [-0.4, -0.2) is 23.5 Å². The van der Waals surface area contributed by atoms with Crippen molar-refractivity contribution in [2.45, 2.75) is 32.6 Å². The Bertz CT molecular complexity index is 546. The monoisotopic (exact) mass is 288 g/mol. The van der Waals surface area contributed by atoms with Crippen molar-refractivity contribution in [1.29, 1.82) is 0 Å². The van der Waals surface area contributed by atoms with Crippen LogP contribution in [0.25, 0.3) is 0 Å². The molecule has 1 amide bonds. The summed E-state index contributed by atoms with van der Waals surface area (Å²) in [6.07, 6.45) is 6.29. The van der Waals surface area contributed by atoms with E-state index in [2.05, 4.69) is 10.3 Å². The van der Waals surface area contributed by atoms with Gasteiger partial charge in [0.15, 0.2) is 5.69 Å². The van der Waals surface area contributed by atoms with E-state index in [1.807, 2.05) is 0 Å². The molecule has 3 atom stereocenters. The zero-order valence-corrected chi connectivity index (χ0v) is 12.2. The van der Waals surface area contributed by atoms with Crippen LogP contribution in [-0.2, 0) is 9.53 Å². The van der Waals surface area contributed by atoms with E-state index in [1.54, 1.807) is 19.1 Å². The normalized spacial score (nSPS) is 26.6. The Kier molecular flexibility index (Phi) is 3.90. The van der Waals surface area contributed by atoms with Gasteiger partial charge in [-0.3, -0.25) is 4.79 Å². The predicted molar refractivity (Wildman–Crippen MR) is 77.8 cm³/mol. The molecule has 0 bridgehead atoms. The van der Waals surface area contributed by atoms with E-state index in [1.165, 1.54) is 19.0 Å². The number of ether oxygens (including phenoxy) is 1. The lowest BCUT2D eigenvalue weighted by atomic mass is 10.0. The average molecular weight is 288 g/mol. The zero-order valence-electron chi connectivity index (χ0n) is 12.2. The molecule has 21 heavy (non-hydrogen) atoms. The minimum Gasteiger partial charge on any atom is -0.461 e. The number of carbonyl (C=O) groups is 2. The summed E-state index contributed by atoms with van der Waals surface area (Å²) in [5.74, 6) is 0.720. The number of fused-ring (bicyclic) bond motifs is 1. The van der Waals surface area contributed by atoms with Crippen molar-refractivity contribution < 1.29 is 14.3 Å². The maximum absolute atomic E-state index is 12.4. The number of nitrogens with zero attached hydrogens (tertiary/aromatic N) is 1. The van der Waals surface area contributed by atoms with E-state index in [0.29, 0.717) is 17.5 Å². The summed E-state index contributed by atoms with van der Waals surface area (Å²) in [5.41, 5.74) is 0.626. The molecule has 2 aliphatic carbocycles. The van der Waals surface area contributed by atoms with Crippen LogP contribution in [0, 0.1) is 17.8 Å². The van der Waals surface area contributed by atoms with Crippen LogP contribution in [0.15, 0.2) is 18.3 Å². The molecule has 2 saturated carbocycles. The van der Waals surface area contributed by atoms with Gasteiger partial charge in [0, 0.05) is 12.1 Å². The molecule has 2 fully saturated rings. The fourth-order valence-corrected chi connectivity index (χ4v) is 3.47. The third-order valence-corrected chi connectivity index (χ3v) is 4.49. The molecule has 5 heteroatoms. The van der Waals surface area contributed by atoms with Crippen LogP contribution < -0.4 is 5.32 Å². The standard InChI is InChI=1S/C16H20N2O3/c1-2-21-16(20)14-12(8-5-9-17-14)18-15(19)13-10-6-3-4-7-11(10)13/h5,8-11,13H,2-4,6-7H2,1H3,(H,18,19)/t10-,11+,13?. The van der Waals surface area contributed by atoms with Crippen molar-refractivity contribution in [3.8, 4) is 0 Å². The topological polar surface area (TPSA) is 68.3 Å². The molecule has 2 aliphatic rings. The Morgan fingerprint density at radius 1 is 1.33 bits per heavy atom. The lowest BCUT2D eigenvalue weighted by molar-refractivity contribution is -0.117. The van der Waals surface area contributed by atoms with Gasteiger partial charge in [0.25, 0.3) is 0 Å². The third-order valence-electron chi connectivity index (χ3n) is 4.49. The Labute approximate surface area is 124 Å². The maximum Gasteiger partial charge on any atom is 0.359 e. The van der Waals surface area contributed by atoms with Gasteiger partial charge in [0.2, 0.25) is 5.91 Å². The minimum absolute atomic E-state index is 0.0189. The SMILES string of the molecule is CCOC(=O)c1ncccc1NC(=O)C1[C@H]2CCCC[C@@H]12. The number of anilines is 1. The number of amides is 1. The van der Waals surface area contributed by atoms with Crippen LogP contribution >= 0.6 is 0 Å². The van der Waals surface area contributed by atoms with Crippen LogP contribution in [0.4, 0.5) is 5.69 Å². The second kappa shape index (κ2) is 5.84. The molecule has 0 radical (unpaired) electrons. The number of aromatic nitrogens is 1. The first-order chi connectivity index (χ1) is 10.2. The Balaban J connectivity index is 1.70. The molecule has 5 nitrogen and oxygen atoms in total. The van der Waals surface area contributed by atoms with Crippen LogP contribution in [0.3, 0.4) is 0 Å². The zero-order chi connectivity index (χ0) is 14.8. The van der Waals surface area contributed by atoms with Crippen LogP contribution in [0.5, 0.6) is 0 Å². The average Bonchev–Trinajstić information content (AvgIpc) is 3.22. The summed E-state index contributed by atoms with van der Waals surface area (Å²) in [6, 6.07) is 3.40. The molecule has 1 aromatic rings. The molecular weight excluding hydrogens is 268 g/mol. The van der Waals surface area contributed by atoms with Crippen molar-refractivity contribution in [3.05, 3.63) is 24.0 Å². The highest BCUT2D eigenvalue weighted by molar-refractivity contribution is 6.01. The fourth-order valence-electron chi connectivity index (χ4n) is 3.47. The molecule has 1 unspecified atom stereocenters. The van der Waals surface area contributed by atoms with Crippen molar-refractivity contribution in [2.75, 3.05) is 11.9 Å². The number of carbonyl (C=O) groups excluding carboxylic acids is 2. The summed E-state index contributed by atoms with van der Waals surface area (Å²) in [5, 5.41) is 2.87. The van der Waals surface area contributed by atoms with Crippen molar-refractivity contribution >= 4 is 17.6 Å². The first kappa shape index (κ1) is 14.0. The molecule has 0 saturated heterocycles. The van der Waals surface area contributed by atoms with Crippen molar-refractivity contribution in [1.82, 2.24) is 4.98 Å². The lowest BCUT2D eigenvalue weighted by Gasteiger charge is -2.09. The largest absolute Gasteiger partial charge is 0.461 e. The highest BCUT2D eigenvalue weighted by Gasteiger charge is 2.54. The molecule has 0 aromatic carbocycles. The summed E-state index contributed by atoms with van der Waals surface area (Å²) in [6.45, 7) is 2.03. The van der Waals surface area contributed by atoms with Crippen molar-refractivity contribution in [3.63, 3.8) is 0 Å². The van der Waals surface area contributed by atoms with E-state index in [4.69, 9.17) is 4.74 Å². The Hall–Kier alpha value is -1.91. The number of hydrogen-bond donors (Lipinski definition) is 1. The molecular formula is C16H20N2O3. The molecule has 1 aromatic heterocycles. The second-order valence-electron chi connectivity index (χ2n) is 5.75. The number of pyridine rings is 1. The van der Waals surface area contributed by atoms with Gasteiger partial charge in [0.05, 0.1) is 12.3 Å². The first-order valence-electron chi connectivity index (χ1n) is 7.65. The van der Waals surface area contributed by atoms with E-state index in [9.17, 15) is 9.59 Å². The number of esters is 1. The van der Waals surface area contributed by atoms with E-state index in [0.717, 1.165) is 12.8 Å². The Morgan fingerprint density at radius 3 is 2.71 bits per heavy atom. The van der Waals surface area contributed by atoms with Gasteiger partial charge in [-0.05, 0) is 43.7 Å². The van der Waals surface area contributed by atoms with Gasteiger partial charge in [-0.15, -0.1) is 0 Å². The summed E-state index contributed by atoms with van der Waals surface area (Å²) in [7, 11) is 0. The van der Waals surface area contributed by atoms with E-state index in [-0.39, 0.29) is 24.1 Å². The smallest absolute Gasteiger partial charge is 0.359 e. The fraction of sp³-hybridized carbons (Fsp3) is 0.562. The lowest BCUT2D eigenvalue weighted by Crippen LogP contribution is -2.19. The number of nitrogens with one attached hydrogen (secondary N) is 1. The summed E-state index contributed by atoms with van der Waals surface area (Å²) >= 11 is 0. The number of rotatable bonds is 4. The van der Waals surface area contributed by atoms with Crippen LogP contribution in [0.2, 0.25) is 0 Å². The minimum atomic E-state index is -0.499. The van der Waals surface area contributed by atoms with Gasteiger partial charge in [0.1, 0.15) is 0 Å². The van der Waals surface area contributed by atoms with Gasteiger partial charge in [-0.1, -0.05) is 12.8 Å². The molecule has 0 aliphatic heterocycles. The van der Waals surface area contributed by atoms with Gasteiger partial charge in [-0.2, -0.15) is 0 Å². The van der Waals surface area contributed by atoms with Gasteiger partial charge in [-0.25, -0.2) is 9.78 Å². The summed E-state index contributed by atoms with van der Waals surface area (Å²) < 4.78 is 4.97. The van der Waals surface area contributed by atoms with Gasteiger partial charge < -0.3 is 10.1 Å². The molecule has 112 valence electrons. The van der Waals surface area contributed by atoms with E-state index < -0.39 is 5.97 Å². The highest BCUT2D eigenvalue weighted by Crippen LogP contribution is 2.55. The highest BCUT2D eigenvalue weighted by atomic mass is 16.5. The second-order valence-corrected chi connectivity index (χ2v) is 5.75. The Morgan fingerprint density at radius 2 is 2.05 bits per heavy atom. The first-order valence-corrected chi connectivity index (χ1v) is 7.65. The maximum atomic E-state index is 12.4. The molecule has 1 heterocycles. The molecule has 1 N–H and O–H groups in total. The third kappa shape index (κ3) is 2.77. The van der Waals surface area contributed by atoms with E-state index >= 15 is 0 Å². The van der Waals surface area contributed by atoms with Gasteiger partial charge >= 0.3 is 5.97 Å². The van der Waals surface area contributed by atoms with Crippen LogP contribution in [0.1, 0.15) is 43.1 Å². The molecule has 3 rings (SSSR count). The van der Waals surface area contributed by atoms with Crippen molar-refractivity contribution in [2.24, 2.45) is 17.8 Å². The number of hydrogen-bond acceptors (Lipinski definition) is 4. The molecule has 0 spiro atoms. The quantitative estimate of drug-likeness (QED) is 0.865. The summed E-state index contributed by atoms with van der Waals surface area (Å²) in [4.78, 5) is 28.3.